The number of unbranched alkanes of at least 4 members (excludes halogenated alkanes) is 1. The molecule has 1 saturated heterocycles. The van der Waals surface area contributed by atoms with Crippen molar-refractivity contribution >= 4 is 29.9 Å². The summed E-state index contributed by atoms with van der Waals surface area (Å²) >= 11 is 0. The monoisotopic (exact) mass is 519 g/mol. The number of aliphatic imine (C=N–C) groups is 1. The number of rotatable bonds is 13. The van der Waals surface area contributed by atoms with E-state index in [0.717, 1.165) is 64.6 Å². The predicted molar refractivity (Wildman–Crippen MR) is 129 cm³/mol. The van der Waals surface area contributed by atoms with Gasteiger partial charge in [-0.2, -0.15) is 0 Å². The van der Waals surface area contributed by atoms with Gasteiger partial charge in [-0.3, -0.25) is 4.99 Å². The molecule has 1 atom stereocenters. The normalized spacial score (nSPS) is 16.7. The highest BCUT2D eigenvalue weighted by Gasteiger charge is 2.24. The van der Waals surface area contributed by atoms with Crippen LogP contribution in [0.3, 0.4) is 0 Å². The average molecular weight is 519 g/mol. The molecule has 7 heteroatoms. The molecule has 2 rings (SSSR count). The molecule has 0 amide bonds. The predicted octanol–water partition coefficient (Wildman–Crippen LogP) is 3.55. The molecule has 29 heavy (non-hydrogen) atoms. The van der Waals surface area contributed by atoms with Gasteiger partial charge in [-0.15, -0.1) is 24.0 Å². The van der Waals surface area contributed by atoms with Gasteiger partial charge in [0.2, 0.25) is 0 Å². The van der Waals surface area contributed by atoms with Crippen molar-refractivity contribution in [3.8, 4) is 0 Å². The van der Waals surface area contributed by atoms with Crippen LogP contribution in [-0.4, -0.2) is 70.6 Å². The second kappa shape index (κ2) is 16.8. The van der Waals surface area contributed by atoms with E-state index in [9.17, 15) is 0 Å². The van der Waals surface area contributed by atoms with E-state index in [0.29, 0.717) is 25.7 Å². The fourth-order valence-electron chi connectivity index (χ4n) is 3.25. The highest BCUT2D eigenvalue weighted by molar-refractivity contribution is 14.0. The highest BCUT2D eigenvalue weighted by atomic mass is 127. The lowest BCUT2D eigenvalue weighted by Gasteiger charge is -2.21. The third-order valence-electron chi connectivity index (χ3n) is 4.78. The number of nitrogens with zero attached hydrogens (tertiary/aromatic N) is 2. The first kappa shape index (κ1) is 26.1. The molecule has 1 heterocycles. The van der Waals surface area contributed by atoms with Crippen LogP contribution in [0.1, 0.15) is 31.7 Å². The number of methoxy groups -OCH3 is 1. The topological polar surface area (TPSA) is 55.3 Å². The first-order valence-electron chi connectivity index (χ1n) is 10.5. The summed E-state index contributed by atoms with van der Waals surface area (Å²) in [7, 11) is 1.69. The number of ether oxygens (including phenoxy) is 3. The van der Waals surface area contributed by atoms with E-state index in [1.54, 1.807) is 7.11 Å². The van der Waals surface area contributed by atoms with Gasteiger partial charge < -0.3 is 24.4 Å². The van der Waals surface area contributed by atoms with E-state index >= 15 is 0 Å². The Bertz CT molecular complexity index is 545. The summed E-state index contributed by atoms with van der Waals surface area (Å²) in [5.74, 6) is 1.61. The Balaban J connectivity index is 0.00000420. The maximum atomic E-state index is 5.94. The van der Waals surface area contributed by atoms with Gasteiger partial charge in [0.05, 0.1) is 26.4 Å². The van der Waals surface area contributed by atoms with Gasteiger partial charge in [0.15, 0.2) is 5.96 Å². The average Bonchev–Trinajstić information content (AvgIpc) is 3.19. The maximum Gasteiger partial charge on any atom is 0.193 e. The molecule has 166 valence electrons. The second-order valence-electron chi connectivity index (χ2n) is 7.15. The largest absolute Gasteiger partial charge is 0.382 e. The Kier molecular flexibility index (Phi) is 15.2. The summed E-state index contributed by atoms with van der Waals surface area (Å²) < 4.78 is 16.4. The van der Waals surface area contributed by atoms with E-state index in [4.69, 9.17) is 19.2 Å². The Morgan fingerprint density at radius 2 is 1.97 bits per heavy atom. The molecule has 1 aromatic rings. The van der Waals surface area contributed by atoms with Crippen LogP contribution >= 0.6 is 24.0 Å². The standard InChI is InChI=1S/C22H37N3O3.HI/c1-3-23-22(24-12-7-8-14-27-16-15-26-2)25-13-11-21(17-25)19-28-18-20-9-5-4-6-10-20;/h4-6,9-10,21H,3,7-8,11-19H2,1-2H3,(H,23,24);1H. The second-order valence-corrected chi connectivity index (χ2v) is 7.15. The zero-order valence-electron chi connectivity index (χ0n) is 18.0. The number of benzene rings is 1. The van der Waals surface area contributed by atoms with Crippen LogP contribution in [0.4, 0.5) is 0 Å². The van der Waals surface area contributed by atoms with Gasteiger partial charge in [-0.25, -0.2) is 0 Å². The fraction of sp³-hybridized carbons (Fsp3) is 0.682. The van der Waals surface area contributed by atoms with Crippen LogP contribution in [0, 0.1) is 5.92 Å². The van der Waals surface area contributed by atoms with E-state index in [1.807, 2.05) is 6.07 Å². The molecular formula is C22H38IN3O3. The number of guanidine groups is 1. The van der Waals surface area contributed by atoms with Crippen LogP contribution in [0.15, 0.2) is 35.3 Å². The zero-order valence-corrected chi connectivity index (χ0v) is 20.3. The molecule has 0 spiro atoms. The minimum absolute atomic E-state index is 0. The molecular weight excluding hydrogens is 481 g/mol. The number of nitrogens with one attached hydrogen (secondary N) is 1. The van der Waals surface area contributed by atoms with Gasteiger partial charge in [-0.1, -0.05) is 30.3 Å². The Morgan fingerprint density at radius 1 is 1.14 bits per heavy atom. The van der Waals surface area contributed by atoms with Crippen LogP contribution < -0.4 is 5.32 Å². The molecule has 1 unspecified atom stereocenters. The summed E-state index contributed by atoms with van der Waals surface area (Å²) in [6, 6.07) is 10.4. The molecule has 0 saturated carbocycles. The van der Waals surface area contributed by atoms with Crippen molar-refractivity contribution in [1.82, 2.24) is 10.2 Å². The minimum atomic E-state index is 0. The van der Waals surface area contributed by atoms with Crippen LogP contribution in [0.2, 0.25) is 0 Å². The van der Waals surface area contributed by atoms with Crippen molar-refractivity contribution in [2.45, 2.75) is 32.8 Å². The van der Waals surface area contributed by atoms with Gasteiger partial charge in [0, 0.05) is 45.8 Å². The van der Waals surface area contributed by atoms with Gasteiger partial charge >= 0.3 is 0 Å². The molecule has 6 nitrogen and oxygen atoms in total. The summed E-state index contributed by atoms with van der Waals surface area (Å²) in [6.45, 7) is 9.52. The van der Waals surface area contributed by atoms with Crippen molar-refractivity contribution in [2.24, 2.45) is 10.9 Å². The van der Waals surface area contributed by atoms with Crippen molar-refractivity contribution < 1.29 is 14.2 Å². The summed E-state index contributed by atoms with van der Waals surface area (Å²) in [4.78, 5) is 7.17. The number of likely N-dealkylation sites (tertiary alicyclic amines) is 1. The van der Waals surface area contributed by atoms with E-state index in [2.05, 4.69) is 41.4 Å². The highest BCUT2D eigenvalue weighted by Crippen LogP contribution is 2.17. The van der Waals surface area contributed by atoms with Gasteiger partial charge in [-0.05, 0) is 31.7 Å². The lowest BCUT2D eigenvalue weighted by molar-refractivity contribution is 0.0690. The third kappa shape index (κ3) is 11.2. The van der Waals surface area contributed by atoms with E-state index in [-0.39, 0.29) is 24.0 Å². The molecule has 0 aromatic heterocycles. The Morgan fingerprint density at radius 3 is 2.72 bits per heavy atom. The van der Waals surface area contributed by atoms with Crippen LogP contribution in [0.5, 0.6) is 0 Å². The molecule has 1 aliphatic rings. The van der Waals surface area contributed by atoms with Crippen molar-refractivity contribution in [3.05, 3.63) is 35.9 Å². The first-order valence-corrected chi connectivity index (χ1v) is 10.5. The van der Waals surface area contributed by atoms with Gasteiger partial charge in [0.25, 0.3) is 0 Å². The number of hydrogen-bond acceptors (Lipinski definition) is 4. The van der Waals surface area contributed by atoms with Crippen molar-refractivity contribution in [1.29, 1.82) is 0 Å². The number of hydrogen-bond donors (Lipinski definition) is 1. The lowest BCUT2D eigenvalue weighted by Crippen LogP contribution is -2.40. The molecule has 0 aliphatic carbocycles. The van der Waals surface area contributed by atoms with Crippen molar-refractivity contribution in [3.63, 3.8) is 0 Å². The summed E-state index contributed by atoms with van der Waals surface area (Å²) in [5, 5.41) is 3.43. The number of halogens is 1. The first-order chi connectivity index (χ1) is 13.8. The quantitative estimate of drug-likeness (QED) is 0.187. The van der Waals surface area contributed by atoms with E-state index in [1.165, 1.54) is 5.56 Å². The molecule has 0 radical (unpaired) electrons. The smallest absolute Gasteiger partial charge is 0.193 e. The van der Waals surface area contributed by atoms with Crippen molar-refractivity contribution in [2.75, 3.05) is 59.7 Å². The molecule has 1 N–H and O–H groups in total. The Labute approximate surface area is 193 Å². The SMILES string of the molecule is CCNC(=NCCCCOCCOC)N1CCC(COCc2ccccc2)C1.I. The molecule has 0 bridgehead atoms. The van der Waals surface area contributed by atoms with Gasteiger partial charge in [0.1, 0.15) is 0 Å². The fourth-order valence-corrected chi connectivity index (χ4v) is 3.25. The maximum absolute atomic E-state index is 5.94. The summed E-state index contributed by atoms with van der Waals surface area (Å²) in [5.41, 5.74) is 1.23. The zero-order chi connectivity index (χ0) is 19.9. The third-order valence-corrected chi connectivity index (χ3v) is 4.78. The van der Waals surface area contributed by atoms with Crippen LogP contribution in [0.25, 0.3) is 0 Å². The Hall–Kier alpha value is -0.900. The molecule has 1 fully saturated rings. The van der Waals surface area contributed by atoms with E-state index < -0.39 is 0 Å². The molecule has 1 aliphatic heterocycles. The minimum Gasteiger partial charge on any atom is -0.382 e. The molecule has 1 aromatic carbocycles. The van der Waals surface area contributed by atoms with Crippen LogP contribution in [-0.2, 0) is 20.8 Å². The summed E-state index contributed by atoms with van der Waals surface area (Å²) in [6.07, 6.45) is 3.23. The lowest BCUT2D eigenvalue weighted by atomic mass is 10.1.